The summed E-state index contributed by atoms with van der Waals surface area (Å²) in [7, 11) is 1.40. The number of nitrogens with zero attached hydrogens (tertiary/aromatic N) is 1. The van der Waals surface area contributed by atoms with Crippen LogP contribution in [0.25, 0.3) is 5.69 Å². The van der Waals surface area contributed by atoms with Gasteiger partial charge in [-0.15, -0.1) is 0 Å². The summed E-state index contributed by atoms with van der Waals surface area (Å²) in [5.41, 5.74) is 1.86. The molecule has 1 aromatic heterocycles. The second kappa shape index (κ2) is 7.00. The molecule has 24 heavy (non-hydrogen) atoms. The highest BCUT2D eigenvalue weighted by Gasteiger charge is 2.10. The fraction of sp³-hybridized carbons (Fsp3) is 0.105. The van der Waals surface area contributed by atoms with E-state index in [1.54, 1.807) is 24.3 Å². The second-order valence-electron chi connectivity index (χ2n) is 5.19. The molecule has 0 atom stereocenters. The van der Waals surface area contributed by atoms with Crippen molar-refractivity contribution in [1.82, 2.24) is 4.57 Å². The van der Waals surface area contributed by atoms with Gasteiger partial charge in [-0.1, -0.05) is 12.1 Å². The van der Waals surface area contributed by atoms with Crippen molar-refractivity contribution in [2.75, 3.05) is 7.11 Å². The molecule has 4 nitrogen and oxygen atoms in total. The minimum Gasteiger partial charge on any atom is -0.494 e. The zero-order valence-electron chi connectivity index (χ0n) is 13.1. The zero-order chi connectivity index (χ0) is 16.9. The lowest BCUT2D eigenvalue weighted by molar-refractivity contribution is 0.0472. The number of methoxy groups -OCH3 is 1. The standard InChI is InChI=1S/C19H16FNO3/c1-23-18-8-7-14(11-17(18)20)13-24-19(22)15-5-4-6-16(12-15)21-9-2-3-10-21/h2-12H,13H2,1H3. The maximum absolute atomic E-state index is 13.6. The molecule has 0 unspecified atom stereocenters. The van der Waals surface area contributed by atoms with Gasteiger partial charge in [-0.05, 0) is 48.0 Å². The van der Waals surface area contributed by atoms with Crippen LogP contribution in [0.2, 0.25) is 0 Å². The maximum atomic E-state index is 13.6. The van der Waals surface area contributed by atoms with E-state index in [0.29, 0.717) is 11.1 Å². The van der Waals surface area contributed by atoms with Gasteiger partial charge in [0.2, 0.25) is 0 Å². The lowest BCUT2D eigenvalue weighted by Gasteiger charge is -2.08. The smallest absolute Gasteiger partial charge is 0.338 e. The third kappa shape index (κ3) is 3.46. The number of aromatic nitrogens is 1. The number of rotatable bonds is 5. The van der Waals surface area contributed by atoms with E-state index in [0.717, 1.165) is 5.69 Å². The molecular formula is C19H16FNO3. The fourth-order valence-electron chi connectivity index (χ4n) is 2.33. The summed E-state index contributed by atoms with van der Waals surface area (Å²) in [6, 6.07) is 15.4. The second-order valence-corrected chi connectivity index (χ2v) is 5.19. The first-order chi connectivity index (χ1) is 11.7. The van der Waals surface area contributed by atoms with Gasteiger partial charge in [0.25, 0.3) is 0 Å². The number of halogens is 1. The van der Waals surface area contributed by atoms with Gasteiger partial charge in [-0.3, -0.25) is 0 Å². The summed E-state index contributed by atoms with van der Waals surface area (Å²) in [5.74, 6) is -0.787. The van der Waals surface area contributed by atoms with Crippen molar-refractivity contribution in [2.45, 2.75) is 6.61 Å². The van der Waals surface area contributed by atoms with E-state index in [4.69, 9.17) is 9.47 Å². The van der Waals surface area contributed by atoms with Crippen molar-refractivity contribution < 1.29 is 18.7 Å². The van der Waals surface area contributed by atoms with Gasteiger partial charge < -0.3 is 14.0 Å². The molecule has 0 bridgehead atoms. The molecule has 2 aromatic carbocycles. The van der Waals surface area contributed by atoms with Crippen LogP contribution in [0.4, 0.5) is 4.39 Å². The van der Waals surface area contributed by atoms with E-state index in [2.05, 4.69) is 0 Å². The van der Waals surface area contributed by atoms with Crippen LogP contribution in [-0.2, 0) is 11.3 Å². The van der Waals surface area contributed by atoms with E-state index in [1.807, 2.05) is 35.2 Å². The maximum Gasteiger partial charge on any atom is 0.338 e. The third-order valence-corrected chi connectivity index (χ3v) is 3.57. The predicted molar refractivity (Wildman–Crippen MR) is 87.8 cm³/mol. The van der Waals surface area contributed by atoms with E-state index in [-0.39, 0.29) is 12.4 Å². The fourth-order valence-corrected chi connectivity index (χ4v) is 2.33. The molecule has 3 aromatic rings. The van der Waals surface area contributed by atoms with Crippen LogP contribution in [0.1, 0.15) is 15.9 Å². The number of carbonyl (C=O) groups is 1. The van der Waals surface area contributed by atoms with Gasteiger partial charge in [0.1, 0.15) is 6.61 Å². The molecule has 0 aliphatic heterocycles. The minimum atomic E-state index is -0.486. The highest BCUT2D eigenvalue weighted by Crippen LogP contribution is 2.19. The Balaban J connectivity index is 1.69. The van der Waals surface area contributed by atoms with Crippen molar-refractivity contribution >= 4 is 5.97 Å². The highest BCUT2D eigenvalue weighted by atomic mass is 19.1. The van der Waals surface area contributed by atoms with Crippen molar-refractivity contribution in [3.05, 3.63) is 83.9 Å². The summed E-state index contributed by atoms with van der Waals surface area (Å²) < 4.78 is 25.7. The average Bonchev–Trinajstić information content (AvgIpc) is 3.14. The molecule has 3 rings (SSSR count). The summed E-state index contributed by atoms with van der Waals surface area (Å²) in [4.78, 5) is 12.2. The van der Waals surface area contributed by atoms with Gasteiger partial charge >= 0.3 is 5.97 Å². The quantitative estimate of drug-likeness (QED) is 0.666. The highest BCUT2D eigenvalue weighted by molar-refractivity contribution is 5.90. The van der Waals surface area contributed by atoms with E-state index < -0.39 is 11.8 Å². The van der Waals surface area contributed by atoms with Crippen molar-refractivity contribution in [3.63, 3.8) is 0 Å². The van der Waals surface area contributed by atoms with Gasteiger partial charge in [-0.2, -0.15) is 0 Å². The van der Waals surface area contributed by atoms with E-state index in [9.17, 15) is 9.18 Å². The van der Waals surface area contributed by atoms with Gasteiger partial charge in [-0.25, -0.2) is 9.18 Å². The van der Waals surface area contributed by atoms with Gasteiger partial charge in [0, 0.05) is 18.1 Å². The van der Waals surface area contributed by atoms with Crippen LogP contribution < -0.4 is 4.74 Å². The zero-order valence-corrected chi connectivity index (χ0v) is 13.1. The Morgan fingerprint density at radius 2 is 1.88 bits per heavy atom. The summed E-state index contributed by atoms with van der Waals surface area (Å²) in [6.07, 6.45) is 3.79. The Morgan fingerprint density at radius 3 is 2.58 bits per heavy atom. The van der Waals surface area contributed by atoms with Crippen LogP contribution in [-0.4, -0.2) is 17.6 Å². The Kier molecular flexibility index (Phi) is 4.61. The van der Waals surface area contributed by atoms with Crippen LogP contribution >= 0.6 is 0 Å². The number of hydrogen-bond donors (Lipinski definition) is 0. The van der Waals surface area contributed by atoms with Crippen molar-refractivity contribution in [2.24, 2.45) is 0 Å². The molecule has 0 spiro atoms. The number of esters is 1. The number of ether oxygens (including phenoxy) is 2. The molecule has 0 aliphatic carbocycles. The first-order valence-electron chi connectivity index (χ1n) is 7.40. The molecule has 0 saturated heterocycles. The Morgan fingerprint density at radius 1 is 1.08 bits per heavy atom. The molecule has 5 heteroatoms. The normalized spacial score (nSPS) is 10.4. The van der Waals surface area contributed by atoms with Crippen LogP contribution in [0.5, 0.6) is 5.75 Å². The predicted octanol–water partition coefficient (Wildman–Crippen LogP) is 3.98. The Labute approximate surface area is 139 Å². The summed E-state index contributed by atoms with van der Waals surface area (Å²) in [5, 5.41) is 0. The van der Waals surface area contributed by atoms with E-state index >= 15 is 0 Å². The first-order valence-corrected chi connectivity index (χ1v) is 7.40. The molecule has 0 aliphatic rings. The molecule has 0 N–H and O–H groups in total. The third-order valence-electron chi connectivity index (χ3n) is 3.57. The largest absolute Gasteiger partial charge is 0.494 e. The van der Waals surface area contributed by atoms with Crippen LogP contribution in [0, 0.1) is 5.82 Å². The number of carbonyl (C=O) groups excluding carboxylic acids is 1. The van der Waals surface area contributed by atoms with Gasteiger partial charge in [0.15, 0.2) is 11.6 Å². The number of benzene rings is 2. The summed E-state index contributed by atoms with van der Waals surface area (Å²) in [6.45, 7) is -0.00645. The molecule has 0 saturated carbocycles. The Bertz CT molecular complexity index is 844. The average molecular weight is 325 g/mol. The first kappa shape index (κ1) is 15.8. The lowest BCUT2D eigenvalue weighted by Crippen LogP contribution is -2.06. The SMILES string of the molecule is COc1ccc(COC(=O)c2cccc(-n3cccc3)c2)cc1F. The molecule has 122 valence electrons. The minimum absolute atomic E-state index is 0.00645. The van der Waals surface area contributed by atoms with E-state index in [1.165, 1.54) is 19.2 Å². The molecule has 0 radical (unpaired) electrons. The van der Waals surface area contributed by atoms with Gasteiger partial charge in [0.05, 0.1) is 12.7 Å². The topological polar surface area (TPSA) is 40.5 Å². The van der Waals surface area contributed by atoms with Crippen molar-refractivity contribution in [3.8, 4) is 11.4 Å². The monoisotopic (exact) mass is 325 g/mol. The Hall–Kier alpha value is -3.08. The molecule has 0 fully saturated rings. The van der Waals surface area contributed by atoms with Crippen molar-refractivity contribution in [1.29, 1.82) is 0 Å². The summed E-state index contributed by atoms with van der Waals surface area (Å²) >= 11 is 0. The molecule has 0 amide bonds. The van der Waals surface area contributed by atoms with Crippen LogP contribution in [0.3, 0.4) is 0 Å². The molecular weight excluding hydrogens is 309 g/mol. The lowest BCUT2D eigenvalue weighted by atomic mass is 10.2. The van der Waals surface area contributed by atoms with Crippen LogP contribution in [0.15, 0.2) is 67.0 Å². The molecule has 1 heterocycles. The number of hydrogen-bond acceptors (Lipinski definition) is 3.